The molecular formula is C13H19NO3. The third-order valence-electron chi connectivity index (χ3n) is 2.78. The summed E-state index contributed by atoms with van der Waals surface area (Å²) >= 11 is 0. The number of carbonyl (C=O) groups is 1. The number of methoxy groups -OCH3 is 1. The van der Waals surface area contributed by atoms with Crippen molar-refractivity contribution in [1.82, 2.24) is 0 Å². The van der Waals surface area contributed by atoms with Gasteiger partial charge in [-0.2, -0.15) is 0 Å². The molecule has 0 aromatic heterocycles. The smallest absolute Gasteiger partial charge is 0.227 e. The summed E-state index contributed by atoms with van der Waals surface area (Å²) in [6.45, 7) is 3.74. The zero-order valence-electron chi connectivity index (χ0n) is 10.5. The third-order valence-corrected chi connectivity index (χ3v) is 2.78. The average molecular weight is 237 g/mol. The number of ether oxygens (including phenoxy) is 1. The molecule has 0 saturated carbocycles. The second kappa shape index (κ2) is 6.25. The molecule has 0 fully saturated rings. The number of amides is 1. The fraction of sp³-hybridized carbons (Fsp3) is 0.462. The summed E-state index contributed by atoms with van der Waals surface area (Å²) in [6, 6.07) is 5.22. The van der Waals surface area contributed by atoms with Gasteiger partial charge in [0.2, 0.25) is 5.91 Å². The van der Waals surface area contributed by atoms with Crippen LogP contribution < -0.4 is 10.1 Å². The van der Waals surface area contributed by atoms with Gasteiger partial charge in [0.1, 0.15) is 5.75 Å². The summed E-state index contributed by atoms with van der Waals surface area (Å²) < 4.78 is 5.09. The van der Waals surface area contributed by atoms with Gasteiger partial charge in [-0.3, -0.25) is 4.79 Å². The number of benzene rings is 1. The van der Waals surface area contributed by atoms with Crippen molar-refractivity contribution in [2.24, 2.45) is 5.92 Å². The maximum absolute atomic E-state index is 11.7. The Bertz CT molecular complexity index is 390. The van der Waals surface area contributed by atoms with Crippen molar-refractivity contribution < 1.29 is 14.6 Å². The highest BCUT2D eigenvalue weighted by molar-refractivity contribution is 5.92. The van der Waals surface area contributed by atoms with Gasteiger partial charge in [-0.1, -0.05) is 13.8 Å². The summed E-state index contributed by atoms with van der Waals surface area (Å²) in [5.74, 6) is 0.588. The second-order valence-corrected chi connectivity index (χ2v) is 3.98. The zero-order chi connectivity index (χ0) is 12.8. The highest BCUT2D eigenvalue weighted by atomic mass is 16.5. The van der Waals surface area contributed by atoms with E-state index in [0.29, 0.717) is 17.0 Å². The van der Waals surface area contributed by atoms with Gasteiger partial charge in [-0.05, 0) is 24.6 Å². The Hall–Kier alpha value is -1.55. The van der Waals surface area contributed by atoms with Crippen LogP contribution in [0.4, 0.5) is 5.69 Å². The number of hydrogen-bond acceptors (Lipinski definition) is 3. The van der Waals surface area contributed by atoms with Gasteiger partial charge in [0.05, 0.1) is 13.7 Å². The van der Waals surface area contributed by atoms with Crippen molar-refractivity contribution in [2.45, 2.75) is 26.9 Å². The molecule has 0 radical (unpaired) electrons. The number of aliphatic hydroxyl groups is 1. The van der Waals surface area contributed by atoms with Crippen LogP contribution in [0.5, 0.6) is 5.75 Å². The molecule has 0 aliphatic carbocycles. The standard InChI is InChI=1S/C13H19NO3/c1-4-9(2)13(16)14-11-5-6-12(17-3)10(7-11)8-15/h5-7,9,15H,4,8H2,1-3H3,(H,14,16). The zero-order valence-corrected chi connectivity index (χ0v) is 10.5. The SMILES string of the molecule is CCC(C)C(=O)Nc1ccc(OC)c(CO)c1. The summed E-state index contributed by atoms with van der Waals surface area (Å²) in [5.41, 5.74) is 1.34. The molecule has 1 atom stereocenters. The van der Waals surface area contributed by atoms with Crippen LogP contribution >= 0.6 is 0 Å². The van der Waals surface area contributed by atoms with Crippen molar-refractivity contribution in [3.05, 3.63) is 23.8 Å². The molecule has 0 spiro atoms. The minimum atomic E-state index is -0.115. The van der Waals surface area contributed by atoms with E-state index in [1.807, 2.05) is 13.8 Å². The van der Waals surface area contributed by atoms with Gasteiger partial charge in [-0.25, -0.2) is 0 Å². The van der Waals surface area contributed by atoms with Crippen LogP contribution in [0.15, 0.2) is 18.2 Å². The van der Waals surface area contributed by atoms with Gasteiger partial charge in [0.15, 0.2) is 0 Å². The van der Waals surface area contributed by atoms with E-state index in [-0.39, 0.29) is 18.4 Å². The summed E-state index contributed by atoms with van der Waals surface area (Å²) in [4.78, 5) is 11.7. The normalized spacial score (nSPS) is 12.0. The van der Waals surface area contributed by atoms with Crippen LogP contribution in [0.3, 0.4) is 0 Å². The largest absolute Gasteiger partial charge is 0.496 e. The maximum atomic E-state index is 11.7. The molecule has 0 heterocycles. The Morgan fingerprint density at radius 3 is 2.76 bits per heavy atom. The minimum absolute atomic E-state index is 0.0124. The van der Waals surface area contributed by atoms with Crippen molar-refractivity contribution in [3.63, 3.8) is 0 Å². The Balaban J connectivity index is 2.82. The van der Waals surface area contributed by atoms with Crippen LogP contribution in [0.1, 0.15) is 25.8 Å². The fourth-order valence-electron chi connectivity index (χ4n) is 1.43. The van der Waals surface area contributed by atoms with Crippen LogP contribution in [0.25, 0.3) is 0 Å². The van der Waals surface area contributed by atoms with Gasteiger partial charge in [0, 0.05) is 17.2 Å². The summed E-state index contributed by atoms with van der Waals surface area (Å²) in [5, 5.41) is 12.0. The van der Waals surface area contributed by atoms with Crippen LogP contribution in [-0.2, 0) is 11.4 Å². The molecule has 2 N–H and O–H groups in total. The Labute approximate surface area is 102 Å². The van der Waals surface area contributed by atoms with E-state index in [1.54, 1.807) is 25.3 Å². The molecular weight excluding hydrogens is 218 g/mol. The Morgan fingerprint density at radius 1 is 1.53 bits per heavy atom. The van der Waals surface area contributed by atoms with Crippen LogP contribution in [-0.4, -0.2) is 18.1 Å². The minimum Gasteiger partial charge on any atom is -0.496 e. The van der Waals surface area contributed by atoms with Crippen molar-refractivity contribution in [1.29, 1.82) is 0 Å². The Morgan fingerprint density at radius 2 is 2.24 bits per heavy atom. The summed E-state index contributed by atoms with van der Waals surface area (Å²) in [6.07, 6.45) is 0.800. The predicted molar refractivity (Wildman–Crippen MR) is 67.0 cm³/mol. The molecule has 94 valence electrons. The molecule has 1 rings (SSSR count). The quantitative estimate of drug-likeness (QED) is 0.825. The predicted octanol–water partition coefficient (Wildman–Crippen LogP) is 2.17. The molecule has 4 heteroatoms. The van der Waals surface area contributed by atoms with E-state index < -0.39 is 0 Å². The number of hydrogen-bond donors (Lipinski definition) is 2. The molecule has 17 heavy (non-hydrogen) atoms. The maximum Gasteiger partial charge on any atom is 0.227 e. The Kier molecular flexibility index (Phi) is 4.97. The monoisotopic (exact) mass is 237 g/mol. The third kappa shape index (κ3) is 3.46. The number of aliphatic hydroxyl groups excluding tert-OH is 1. The van der Waals surface area contributed by atoms with E-state index in [2.05, 4.69) is 5.32 Å². The molecule has 1 amide bonds. The van der Waals surface area contributed by atoms with Crippen molar-refractivity contribution in [2.75, 3.05) is 12.4 Å². The molecule has 1 aromatic rings. The lowest BCUT2D eigenvalue weighted by Crippen LogP contribution is -2.19. The molecule has 4 nitrogen and oxygen atoms in total. The highest BCUT2D eigenvalue weighted by Crippen LogP contribution is 2.23. The van der Waals surface area contributed by atoms with E-state index in [4.69, 9.17) is 4.74 Å². The van der Waals surface area contributed by atoms with E-state index in [9.17, 15) is 9.90 Å². The lowest BCUT2D eigenvalue weighted by atomic mass is 10.1. The molecule has 1 aromatic carbocycles. The van der Waals surface area contributed by atoms with Crippen LogP contribution in [0.2, 0.25) is 0 Å². The van der Waals surface area contributed by atoms with Gasteiger partial charge in [0.25, 0.3) is 0 Å². The van der Waals surface area contributed by atoms with Gasteiger partial charge >= 0.3 is 0 Å². The van der Waals surface area contributed by atoms with Crippen molar-refractivity contribution >= 4 is 11.6 Å². The topological polar surface area (TPSA) is 58.6 Å². The average Bonchev–Trinajstić information content (AvgIpc) is 2.37. The first-order chi connectivity index (χ1) is 8.12. The molecule has 0 aliphatic heterocycles. The highest BCUT2D eigenvalue weighted by Gasteiger charge is 2.11. The van der Waals surface area contributed by atoms with Crippen molar-refractivity contribution in [3.8, 4) is 5.75 Å². The lowest BCUT2D eigenvalue weighted by Gasteiger charge is -2.12. The molecule has 0 saturated heterocycles. The molecule has 0 bridgehead atoms. The first kappa shape index (κ1) is 13.5. The number of carbonyl (C=O) groups excluding carboxylic acids is 1. The van der Waals surface area contributed by atoms with E-state index >= 15 is 0 Å². The fourth-order valence-corrected chi connectivity index (χ4v) is 1.43. The summed E-state index contributed by atoms with van der Waals surface area (Å²) in [7, 11) is 1.55. The number of nitrogens with one attached hydrogen (secondary N) is 1. The van der Waals surface area contributed by atoms with Crippen LogP contribution in [0, 0.1) is 5.92 Å². The first-order valence-electron chi connectivity index (χ1n) is 5.71. The molecule has 1 unspecified atom stereocenters. The number of anilines is 1. The van der Waals surface area contributed by atoms with Gasteiger partial charge in [-0.15, -0.1) is 0 Å². The lowest BCUT2D eigenvalue weighted by molar-refractivity contribution is -0.119. The second-order valence-electron chi connectivity index (χ2n) is 3.98. The number of rotatable bonds is 5. The van der Waals surface area contributed by atoms with Gasteiger partial charge < -0.3 is 15.2 Å². The van der Waals surface area contributed by atoms with E-state index in [1.165, 1.54) is 0 Å². The van der Waals surface area contributed by atoms with E-state index in [0.717, 1.165) is 6.42 Å². The molecule has 0 aliphatic rings. The first-order valence-corrected chi connectivity index (χ1v) is 5.71.